The van der Waals surface area contributed by atoms with Crippen LogP contribution in [0.1, 0.15) is 6.23 Å². The lowest BCUT2D eigenvalue weighted by Crippen LogP contribution is -2.39. The van der Waals surface area contributed by atoms with E-state index < -0.39 is 47.0 Å². The second kappa shape index (κ2) is 6.22. The van der Waals surface area contributed by atoms with Crippen molar-refractivity contribution in [2.75, 3.05) is 18.6 Å². The van der Waals surface area contributed by atoms with Gasteiger partial charge in [-0.3, -0.25) is 8.75 Å². The second-order valence-corrected chi connectivity index (χ2v) is 7.12. The maximum absolute atomic E-state index is 11.9. The van der Waals surface area contributed by atoms with Crippen molar-refractivity contribution in [3.63, 3.8) is 0 Å². The van der Waals surface area contributed by atoms with Crippen molar-refractivity contribution in [3.05, 3.63) is 21.2 Å². The van der Waals surface area contributed by atoms with Gasteiger partial charge in [-0.05, 0) is 15.9 Å². The van der Waals surface area contributed by atoms with E-state index in [1.165, 1.54) is 6.20 Å². The van der Waals surface area contributed by atoms with Gasteiger partial charge in [0.05, 0.1) is 17.3 Å². The standard InChI is InChI=1S/C10H14BrN3O7S/c1-22(18,19)21-7-5(3-15)20-9(6(7)16)14-2-4(11)8(12)13-10(14)17/h2,5-7,9,15-16H,3H2,1H3,(H2,12,13,17)/t5-,6-,7+,9-/m1/s1. The van der Waals surface area contributed by atoms with Gasteiger partial charge in [-0.2, -0.15) is 13.4 Å². The number of aromatic nitrogens is 2. The molecule has 124 valence electrons. The molecule has 22 heavy (non-hydrogen) atoms. The van der Waals surface area contributed by atoms with Crippen LogP contribution >= 0.6 is 15.9 Å². The fourth-order valence-corrected chi connectivity index (χ4v) is 3.01. The topological polar surface area (TPSA) is 154 Å². The zero-order chi connectivity index (χ0) is 16.7. The van der Waals surface area contributed by atoms with E-state index in [1.807, 2.05) is 0 Å². The van der Waals surface area contributed by atoms with Crippen LogP contribution in [0.2, 0.25) is 0 Å². The highest BCUT2D eigenvalue weighted by molar-refractivity contribution is 9.10. The Kier molecular flexibility index (Phi) is 4.89. The molecule has 1 aliphatic rings. The number of hydrogen-bond donors (Lipinski definition) is 3. The molecule has 1 aromatic rings. The molecule has 2 rings (SSSR count). The number of ether oxygens (including phenoxy) is 1. The molecule has 1 aromatic heterocycles. The van der Waals surface area contributed by atoms with Gasteiger partial charge < -0.3 is 20.7 Å². The van der Waals surface area contributed by atoms with Crippen LogP contribution in [0.4, 0.5) is 5.82 Å². The number of nitrogens with two attached hydrogens (primary N) is 1. The monoisotopic (exact) mass is 399 g/mol. The molecule has 1 fully saturated rings. The molecule has 0 radical (unpaired) electrons. The summed E-state index contributed by atoms with van der Waals surface area (Å²) in [5.74, 6) is -0.0450. The summed E-state index contributed by atoms with van der Waals surface area (Å²) >= 11 is 3.08. The van der Waals surface area contributed by atoms with E-state index in [9.17, 15) is 23.4 Å². The van der Waals surface area contributed by atoms with Gasteiger partial charge in [0.15, 0.2) is 6.23 Å². The van der Waals surface area contributed by atoms with Crippen molar-refractivity contribution in [2.45, 2.75) is 24.5 Å². The van der Waals surface area contributed by atoms with Gasteiger partial charge in [-0.1, -0.05) is 0 Å². The van der Waals surface area contributed by atoms with Gasteiger partial charge in [-0.15, -0.1) is 0 Å². The Morgan fingerprint density at radius 2 is 2.23 bits per heavy atom. The quantitative estimate of drug-likeness (QED) is 0.496. The molecular weight excluding hydrogens is 386 g/mol. The average Bonchev–Trinajstić information content (AvgIpc) is 2.69. The highest BCUT2D eigenvalue weighted by Gasteiger charge is 2.47. The third-order valence-corrected chi connectivity index (χ3v) is 4.17. The smallest absolute Gasteiger partial charge is 0.351 e. The summed E-state index contributed by atoms with van der Waals surface area (Å²) in [6, 6.07) is 0. The van der Waals surface area contributed by atoms with E-state index in [1.54, 1.807) is 0 Å². The Hall–Kier alpha value is -1.05. The van der Waals surface area contributed by atoms with Crippen LogP contribution in [0.25, 0.3) is 0 Å². The molecule has 4 atom stereocenters. The first-order valence-electron chi connectivity index (χ1n) is 6.01. The van der Waals surface area contributed by atoms with Gasteiger partial charge in [0, 0.05) is 6.20 Å². The maximum Gasteiger partial charge on any atom is 0.351 e. The van der Waals surface area contributed by atoms with Crippen molar-refractivity contribution < 1.29 is 27.6 Å². The van der Waals surface area contributed by atoms with Crippen LogP contribution in [0.5, 0.6) is 0 Å². The molecule has 0 unspecified atom stereocenters. The van der Waals surface area contributed by atoms with Crippen molar-refractivity contribution in [1.29, 1.82) is 0 Å². The number of aliphatic hydroxyl groups excluding tert-OH is 2. The minimum atomic E-state index is -3.90. The second-order valence-electron chi connectivity index (χ2n) is 4.67. The predicted molar refractivity (Wildman–Crippen MR) is 77.3 cm³/mol. The van der Waals surface area contributed by atoms with Gasteiger partial charge >= 0.3 is 5.69 Å². The minimum absolute atomic E-state index is 0.0450. The summed E-state index contributed by atoms with van der Waals surface area (Å²) < 4.78 is 33.7. The number of nitrogen functional groups attached to an aromatic ring is 1. The summed E-state index contributed by atoms with van der Waals surface area (Å²) in [6.07, 6.45) is -3.22. The lowest BCUT2D eigenvalue weighted by molar-refractivity contribution is -0.0543. The van der Waals surface area contributed by atoms with Crippen LogP contribution in [0.3, 0.4) is 0 Å². The third-order valence-electron chi connectivity index (χ3n) is 2.98. The van der Waals surface area contributed by atoms with E-state index >= 15 is 0 Å². The highest BCUT2D eigenvalue weighted by Crippen LogP contribution is 2.32. The van der Waals surface area contributed by atoms with Gasteiger partial charge in [-0.25, -0.2) is 4.79 Å². The molecule has 12 heteroatoms. The zero-order valence-electron chi connectivity index (χ0n) is 11.3. The maximum atomic E-state index is 11.9. The number of anilines is 1. The molecule has 1 saturated heterocycles. The zero-order valence-corrected chi connectivity index (χ0v) is 13.7. The van der Waals surface area contributed by atoms with Crippen molar-refractivity contribution in [1.82, 2.24) is 9.55 Å². The van der Waals surface area contributed by atoms with E-state index in [2.05, 4.69) is 20.9 Å². The number of nitrogens with zero attached hydrogens (tertiary/aromatic N) is 2. The van der Waals surface area contributed by atoms with Crippen LogP contribution in [-0.2, 0) is 19.0 Å². The van der Waals surface area contributed by atoms with Gasteiger partial charge in [0.25, 0.3) is 10.1 Å². The average molecular weight is 400 g/mol. The number of rotatable bonds is 4. The SMILES string of the molecule is CS(=O)(=O)O[C@@H]1[C@@H](O)[C@H](n2cc(Br)c(N)nc2=O)O[C@@H]1CO. The normalized spacial score (nSPS) is 28.9. The summed E-state index contributed by atoms with van der Waals surface area (Å²) in [7, 11) is -3.90. The summed E-state index contributed by atoms with van der Waals surface area (Å²) in [4.78, 5) is 15.4. The first-order valence-corrected chi connectivity index (χ1v) is 8.62. The lowest BCUT2D eigenvalue weighted by atomic mass is 10.1. The molecule has 2 heterocycles. The molecular formula is C10H14BrN3O7S. The molecule has 4 N–H and O–H groups in total. The predicted octanol–water partition coefficient (Wildman–Crippen LogP) is -1.82. The van der Waals surface area contributed by atoms with Gasteiger partial charge in [0.2, 0.25) is 0 Å². The number of aliphatic hydroxyl groups is 2. The summed E-state index contributed by atoms with van der Waals surface area (Å²) in [5.41, 5.74) is 4.66. The van der Waals surface area contributed by atoms with Crippen LogP contribution in [0, 0.1) is 0 Å². The molecule has 1 aliphatic heterocycles. The molecule has 0 spiro atoms. The van der Waals surface area contributed by atoms with Gasteiger partial charge in [0.1, 0.15) is 24.1 Å². The number of halogens is 1. The minimum Gasteiger partial charge on any atom is -0.394 e. The fraction of sp³-hybridized carbons (Fsp3) is 0.600. The highest BCUT2D eigenvalue weighted by atomic mass is 79.9. The Morgan fingerprint density at radius 1 is 1.59 bits per heavy atom. The Balaban J connectivity index is 2.38. The molecule has 0 aliphatic carbocycles. The summed E-state index contributed by atoms with van der Waals surface area (Å²) in [6.45, 7) is -0.605. The first-order chi connectivity index (χ1) is 10.1. The third kappa shape index (κ3) is 3.47. The number of hydrogen-bond acceptors (Lipinski definition) is 9. The fourth-order valence-electron chi connectivity index (χ4n) is 2.06. The van der Waals surface area contributed by atoms with Crippen LogP contribution in [0.15, 0.2) is 15.5 Å². The van der Waals surface area contributed by atoms with Crippen LogP contribution in [-0.4, -0.2) is 59.4 Å². The van der Waals surface area contributed by atoms with Crippen molar-refractivity contribution in [3.8, 4) is 0 Å². The Bertz CT molecular complexity index is 722. The molecule has 0 aromatic carbocycles. The molecule has 0 bridgehead atoms. The van der Waals surface area contributed by atoms with E-state index in [4.69, 9.17) is 14.7 Å². The van der Waals surface area contributed by atoms with Crippen molar-refractivity contribution >= 4 is 31.9 Å². The molecule has 0 amide bonds. The van der Waals surface area contributed by atoms with E-state index in [0.717, 1.165) is 10.8 Å². The van der Waals surface area contributed by atoms with Crippen LogP contribution < -0.4 is 11.4 Å². The molecule has 0 saturated carbocycles. The Labute approximate surface area is 133 Å². The first kappa shape index (κ1) is 17.3. The largest absolute Gasteiger partial charge is 0.394 e. The Morgan fingerprint density at radius 3 is 2.77 bits per heavy atom. The van der Waals surface area contributed by atoms with E-state index in [-0.39, 0.29) is 10.3 Å². The molecule has 10 nitrogen and oxygen atoms in total. The lowest BCUT2D eigenvalue weighted by Gasteiger charge is -2.19. The summed E-state index contributed by atoms with van der Waals surface area (Å²) in [5, 5.41) is 19.4. The van der Waals surface area contributed by atoms with E-state index in [0.29, 0.717) is 0 Å². The van der Waals surface area contributed by atoms with Crippen molar-refractivity contribution in [2.24, 2.45) is 0 Å².